The van der Waals surface area contributed by atoms with Crippen LogP contribution in [0.1, 0.15) is 5.56 Å². The minimum atomic E-state index is 1.12. The monoisotopic (exact) mass is 778 g/mol. The SMILES string of the molecule is Cc1cc(-c2c3ccccc3c(N(c3ccccc3)c3ccccc3)c3ccccc23)cc(-c2c3ccccc3c(N(c3ccccc3)c3ccccc3)c3ccccc23)c1. The van der Waals surface area contributed by atoms with Crippen molar-refractivity contribution in [3.8, 4) is 22.3 Å². The van der Waals surface area contributed by atoms with Crippen molar-refractivity contribution in [2.24, 2.45) is 0 Å². The summed E-state index contributed by atoms with van der Waals surface area (Å²) in [5, 5.41) is 9.69. The molecule has 11 aromatic carbocycles. The number of hydrogen-bond acceptors (Lipinski definition) is 2. The van der Waals surface area contributed by atoms with E-state index in [4.69, 9.17) is 0 Å². The summed E-state index contributed by atoms with van der Waals surface area (Å²) in [6, 6.07) is 86.0. The van der Waals surface area contributed by atoms with Gasteiger partial charge in [0.1, 0.15) is 0 Å². The molecule has 2 nitrogen and oxygen atoms in total. The first-order valence-corrected chi connectivity index (χ1v) is 21.0. The second-order valence-electron chi connectivity index (χ2n) is 15.7. The normalized spacial score (nSPS) is 11.4. The summed E-state index contributed by atoms with van der Waals surface area (Å²) < 4.78 is 0. The van der Waals surface area contributed by atoms with Gasteiger partial charge in [0.25, 0.3) is 0 Å². The molecule has 61 heavy (non-hydrogen) atoms. The molecule has 0 unspecified atom stereocenters. The Morgan fingerprint density at radius 1 is 0.246 bits per heavy atom. The van der Waals surface area contributed by atoms with Crippen LogP contribution in [0.5, 0.6) is 0 Å². The number of anilines is 6. The first kappa shape index (κ1) is 36.2. The lowest BCUT2D eigenvalue weighted by Gasteiger charge is -2.30. The number of nitrogens with zero attached hydrogens (tertiary/aromatic N) is 2. The maximum absolute atomic E-state index is 2.44. The van der Waals surface area contributed by atoms with Gasteiger partial charge in [-0.3, -0.25) is 0 Å². The molecule has 0 amide bonds. The van der Waals surface area contributed by atoms with Crippen LogP contribution in [-0.2, 0) is 0 Å². The van der Waals surface area contributed by atoms with Crippen molar-refractivity contribution in [2.75, 3.05) is 9.80 Å². The summed E-state index contributed by atoms with van der Waals surface area (Å²) in [6.45, 7) is 2.24. The Kier molecular flexibility index (Phi) is 9.09. The van der Waals surface area contributed by atoms with E-state index < -0.39 is 0 Å². The number of benzene rings is 11. The summed E-state index contributed by atoms with van der Waals surface area (Å²) >= 11 is 0. The zero-order chi connectivity index (χ0) is 40.7. The number of para-hydroxylation sites is 4. The molecule has 0 bridgehead atoms. The molecule has 0 saturated heterocycles. The predicted molar refractivity (Wildman–Crippen MR) is 261 cm³/mol. The molecule has 0 radical (unpaired) electrons. The molecule has 2 heteroatoms. The number of hydrogen-bond donors (Lipinski definition) is 0. The van der Waals surface area contributed by atoms with E-state index in [-0.39, 0.29) is 0 Å². The Morgan fingerprint density at radius 3 is 0.738 bits per heavy atom. The van der Waals surface area contributed by atoms with Crippen LogP contribution in [0.2, 0.25) is 0 Å². The van der Waals surface area contributed by atoms with Crippen molar-refractivity contribution >= 4 is 77.2 Å². The summed E-state index contributed by atoms with van der Waals surface area (Å²) in [7, 11) is 0. The van der Waals surface area contributed by atoms with Crippen LogP contribution >= 0.6 is 0 Å². The van der Waals surface area contributed by atoms with E-state index in [1.165, 1.54) is 82.3 Å². The Hall–Kier alpha value is -7.94. The molecule has 0 atom stereocenters. The molecule has 0 N–H and O–H groups in total. The van der Waals surface area contributed by atoms with Gasteiger partial charge in [0.05, 0.1) is 11.4 Å². The fraction of sp³-hybridized carbons (Fsp3) is 0.0169. The Bertz CT molecular complexity index is 2940. The number of rotatable bonds is 8. The largest absolute Gasteiger partial charge is 0.309 e. The van der Waals surface area contributed by atoms with E-state index in [1.54, 1.807) is 0 Å². The average molecular weight is 779 g/mol. The highest BCUT2D eigenvalue weighted by atomic mass is 15.2. The standard InChI is InChI=1S/C59H42N2/c1-41-38-42(56-48-30-14-18-34-52(48)58(53-35-19-15-31-49(53)56)60(44-22-6-2-7-23-44)45-24-8-3-9-25-45)40-43(39-41)57-50-32-16-20-36-54(50)59(55-37-21-17-33-51(55)57)61(46-26-10-4-11-27-46)47-28-12-5-13-29-47/h2-40H,1H3. The first-order chi connectivity index (χ1) is 30.2. The highest BCUT2D eigenvalue weighted by Gasteiger charge is 2.25. The van der Waals surface area contributed by atoms with Crippen LogP contribution < -0.4 is 9.80 Å². The van der Waals surface area contributed by atoms with Crippen LogP contribution in [0.25, 0.3) is 65.3 Å². The van der Waals surface area contributed by atoms with Crippen LogP contribution in [0.15, 0.2) is 237 Å². The van der Waals surface area contributed by atoms with Gasteiger partial charge >= 0.3 is 0 Å². The zero-order valence-electron chi connectivity index (χ0n) is 33.9. The Morgan fingerprint density at radius 2 is 0.475 bits per heavy atom. The second-order valence-corrected chi connectivity index (χ2v) is 15.7. The minimum absolute atomic E-state index is 1.12. The van der Waals surface area contributed by atoms with Crippen LogP contribution in [0.3, 0.4) is 0 Å². The summed E-state index contributed by atoms with van der Waals surface area (Å²) in [5.41, 5.74) is 12.9. The third-order valence-corrected chi connectivity index (χ3v) is 12.0. The molecule has 0 aliphatic heterocycles. The fourth-order valence-corrected chi connectivity index (χ4v) is 9.51. The minimum Gasteiger partial charge on any atom is -0.309 e. The summed E-state index contributed by atoms with van der Waals surface area (Å²) in [6.07, 6.45) is 0. The summed E-state index contributed by atoms with van der Waals surface area (Å²) in [5.74, 6) is 0. The molecule has 0 heterocycles. The molecule has 0 fully saturated rings. The van der Waals surface area contributed by atoms with Crippen LogP contribution in [0.4, 0.5) is 34.1 Å². The van der Waals surface area contributed by atoms with Crippen molar-refractivity contribution in [1.82, 2.24) is 0 Å². The van der Waals surface area contributed by atoms with Gasteiger partial charge in [0.15, 0.2) is 0 Å². The molecule has 0 aliphatic carbocycles. The lowest BCUT2D eigenvalue weighted by Crippen LogP contribution is -2.11. The predicted octanol–water partition coefficient (Wildman–Crippen LogP) is 16.9. The maximum Gasteiger partial charge on any atom is 0.0618 e. The van der Waals surface area contributed by atoms with Gasteiger partial charge in [0, 0.05) is 44.3 Å². The van der Waals surface area contributed by atoms with E-state index in [1.807, 2.05) is 0 Å². The van der Waals surface area contributed by atoms with Gasteiger partial charge in [-0.1, -0.05) is 182 Å². The van der Waals surface area contributed by atoms with Gasteiger partial charge in [-0.25, -0.2) is 0 Å². The van der Waals surface area contributed by atoms with Gasteiger partial charge in [-0.15, -0.1) is 0 Å². The molecular formula is C59H42N2. The topological polar surface area (TPSA) is 6.48 Å². The lowest BCUT2D eigenvalue weighted by atomic mass is 9.85. The van der Waals surface area contributed by atoms with Crippen LogP contribution in [-0.4, -0.2) is 0 Å². The highest BCUT2D eigenvalue weighted by Crippen LogP contribution is 2.51. The van der Waals surface area contributed by atoms with Crippen molar-refractivity contribution in [3.05, 3.63) is 242 Å². The fourth-order valence-electron chi connectivity index (χ4n) is 9.51. The van der Waals surface area contributed by atoms with Crippen LogP contribution in [0, 0.1) is 6.92 Å². The van der Waals surface area contributed by atoms with Crippen molar-refractivity contribution in [1.29, 1.82) is 0 Å². The lowest BCUT2D eigenvalue weighted by molar-refractivity contribution is 1.31. The molecule has 288 valence electrons. The smallest absolute Gasteiger partial charge is 0.0618 e. The summed E-state index contributed by atoms with van der Waals surface area (Å²) in [4.78, 5) is 4.84. The quantitative estimate of drug-likeness (QED) is 0.142. The zero-order valence-corrected chi connectivity index (χ0v) is 33.9. The molecular weight excluding hydrogens is 737 g/mol. The second kappa shape index (κ2) is 15.3. The highest BCUT2D eigenvalue weighted by molar-refractivity contribution is 6.24. The third kappa shape index (κ3) is 6.29. The van der Waals surface area contributed by atoms with Gasteiger partial charge < -0.3 is 9.80 Å². The maximum atomic E-state index is 2.44. The average Bonchev–Trinajstić information content (AvgIpc) is 3.32. The molecule has 0 aromatic heterocycles. The van der Waals surface area contributed by atoms with Crippen molar-refractivity contribution in [2.45, 2.75) is 6.92 Å². The van der Waals surface area contributed by atoms with E-state index in [9.17, 15) is 0 Å². The van der Waals surface area contributed by atoms with E-state index in [0.29, 0.717) is 0 Å². The molecule has 0 saturated carbocycles. The van der Waals surface area contributed by atoms with Gasteiger partial charge in [-0.05, 0) is 111 Å². The third-order valence-electron chi connectivity index (χ3n) is 12.0. The van der Waals surface area contributed by atoms with Crippen molar-refractivity contribution < 1.29 is 0 Å². The molecule has 0 spiro atoms. The van der Waals surface area contributed by atoms with E-state index in [2.05, 4.69) is 253 Å². The van der Waals surface area contributed by atoms with E-state index >= 15 is 0 Å². The molecule has 0 aliphatic rings. The number of aryl methyl sites for hydroxylation is 1. The number of fused-ring (bicyclic) bond motifs is 4. The van der Waals surface area contributed by atoms with Gasteiger partial charge in [0.2, 0.25) is 0 Å². The van der Waals surface area contributed by atoms with Crippen molar-refractivity contribution in [3.63, 3.8) is 0 Å². The molecule has 11 aromatic rings. The first-order valence-electron chi connectivity index (χ1n) is 21.0. The Labute approximate surface area is 356 Å². The van der Waals surface area contributed by atoms with E-state index in [0.717, 1.165) is 22.7 Å². The Balaban J connectivity index is 1.19. The molecule has 11 rings (SSSR count). The van der Waals surface area contributed by atoms with Gasteiger partial charge in [-0.2, -0.15) is 0 Å².